The van der Waals surface area contributed by atoms with Crippen molar-refractivity contribution in [3.8, 4) is 0 Å². The molecule has 0 spiro atoms. The standard InChI is InChI=1S/C15H20N2O6S/c1-10-4-2-8-16(10)14(18)11-5-3-9-17(11)24(21,22)13-7-6-12(23-13)15(19)20/h6-7,10-11H,2-5,8-9H2,1H3,(H,19,20). The van der Waals surface area contributed by atoms with Crippen molar-refractivity contribution >= 4 is 21.9 Å². The molecule has 1 aromatic rings. The van der Waals surface area contributed by atoms with Crippen LogP contribution in [0, 0.1) is 0 Å². The van der Waals surface area contributed by atoms with E-state index in [2.05, 4.69) is 0 Å². The van der Waals surface area contributed by atoms with Gasteiger partial charge in [0.1, 0.15) is 6.04 Å². The van der Waals surface area contributed by atoms with Gasteiger partial charge in [0, 0.05) is 19.1 Å². The smallest absolute Gasteiger partial charge is 0.371 e. The molecule has 1 aromatic heterocycles. The molecule has 1 amide bonds. The Morgan fingerprint density at radius 2 is 1.92 bits per heavy atom. The molecule has 3 rings (SSSR count). The van der Waals surface area contributed by atoms with Gasteiger partial charge in [-0.25, -0.2) is 13.2 Å². The van der Waals surface area contributed by atoms with Crippen molar-refractivity contribution in [1.29, 1.82) is 0 Å². The van der Waals surface area contributed by atoms with Crippen molar-refractivity contribution in [1.82, 2.24) is 9.21 Å². The van der Waals surface area contributed by atoms with E-state index in [-0.39, 0.29) is 18.5 Å². The van der Waals surface area contributed by atoms with E-state index < -0.39 is 32.9 Å². The van der Waals surface area contributed by atoms with Crippen LogP contribution in [-0.4, -0.2) is 59.8 Å². The second kappa shape index (κ2) is 6.21. The zero-order chi connectivity index (χ0) is 17.5. The molecular formula is C15H20N2O6S. The summed E-state index contributed by atoms with van der Waals surface area (Å²) in [5, 5.41) is 8.44. The molecule has 24 heavy (non-hydrogen) atoms. The Morgan fingerprint density at radius 3 is 2.50 bits per heavy atom. The van der Waals surface area contributed by atoms with Crippen molar-refractivity contribution in [3.05, 3.63) is 17.9 Å². The molecular weight excluding hydrogens is 336 g/mol. The minimum atomic E-state index is -4.04. The number of likely N-dealkylation sites (tertiary alicyclic amines) is 1. The van der Waals surface area contributed by atoms with Crippen LogP contribution in [0.15, 0.2) is 21.6 Å². The fourth-order valence-corrected chi connectivity index (χ4v) is 4.98. The molecule has 0 bridgehead atoms. The van der Waals surface area contributed by atoms with Crippen molar-refractivity contribution in [3.63, 3.8) is 0 Å². The van der Waals surface area contributed by atoms with Gasteiger partial charge in [-0.3, -0.25) is 4.79 Å². The molecule has 0 aliphatic carbocycles. The minimum Gasteiger partial charge on any atom is -0.475 e. The van der Waals surface area contributed by atoms with Crippen LogP contribution >= 0.6 is 0 Å². The average molecular weight is 356 g/mol. The van der Waals surface area contributed by atoms with E-state index in [0.717, 1.165) is 29.3 Å². The Hall–Kier alpha value is -1.87. The summed E-state index contributed by atoms with van der Waals surface area (Å²) in [5.74, 6) is -1.95. The molecule has 2 saturated heterocycles. The number of rotatable bonds is 4. The molecule has 0 saturated carbocycles. The van der Waals surface area contributed by atoms with Gasteiger partial charge in [0.2, 0.25) is 16.8 Å². The Labute approximate surface area is 140 Å². The molecule has 2 aliphatic rings. The van der Waals surface area contributed by atoms with Gasteiger partial charge >= 0.3 is 5.97 Å². The Morgan fingerprint density at radius 1 is 1.21 bits per heavy atom. The third kappa shape index (κ3) is 2.82. The number of carboxylic acid groups (broad SMARTS) is 1. The quantitative estimate of drug-likeness (QED) is 0.867. The number of amides is 1. The number of carboxylic acids is 1. The minimum absolute atomic E-state index is 0.116. The molecule has 2 aliphatic heterocycles. The van der Waals surface area contributed by atoms with E-state index in [1.54, 1.807) is 4.90 Å². The molecule has 9 heteroatoms. The van der Waals surface area contributed by atoms with Gasteiger partial charge in [-0.15, -0.1) is 0 Å². The van der Waals surface area contributed by atoms with Gasteiger partial charge < -0.3 is 14.4 Å². The van der Waals surface area contributed by atoms with E-state index in [0.29, 0.717) is 19.4 Å². The lowest BCUT2D eigenvalue weighted by Gasteiger charge is -2.29. The number of furan rings is 1. The van der Waals surface area contributed by atoms with Crippen LogP contribution in [0.3, 0.4) is 0 Å². The first-order valence-electron chi connectivity index (χ1n) is 7.98. The first-order valence-corrected chi connectivity index (χ1v) is 9.42. The predicted molar refractivity (Wildman–Crippen MR) is 83.0 cm³/mol. The maximum absolute atomic E-state index is 12.8. The monoisotopic (exact) mass is 356 g/mol. The molecule has 132 valence electrons. The van der Waals surface area contributed by atoms with Gasteiger partial charge in [0.25, 0.3) is 10.0 Å². The summed E-state index contributed by atoms with van der Waals surface area (Å²) < 4.78 is 31.6. The molecule has 0 radical (unpaired) electrons. The number of hydrogen-bond acceptors (Lipinski definition) is 5. The lowest BCUT2D eigenvalue weighted by Crippen LogP contribution is -2.48. The lowest BCUT2D eigenvalue weighted by atomic mass is 10.2. The average Bonchev–Trinajstić information content (AvgIpc) is 3.26. The van der Waals surface area contributed by atoms with E-state index in [4.69, 9.17) is 9.52 Å². The third-order valence-corrected chi connectivity index (χ3v) is 6.46. The zero-order valence-corrected chi connectivity index (χ0v) is 14.2. The number of carbonyl (C=O) groups excluding carboxylic acids is 1. The summed E-state index contributed by atoms with van der Waals surface area (Å²) >= 11 is 0. The second-order valence-corrected chi connectivity index (χ2v) is 8.04. The fraction of sp³-hybridized carbons (Fsp3) is 0.600. The van der Waals surface area contributed by atoms with Crippen molar-refractivity contribution < 1.29 is 27.5 Å². The van der Waals surface area contributed by atoms with E-state index in [1.165, 1.54) is 0 Å². The van der Waals surface area contributed by atoms with Crippen LogP contribution in [0.1, 0.15) is 43.2 Å². The molecule has 8 nitrogen and oxygen atoms in total. The first kappa shape index (κ1) is 17.0. The van der Waals surface area contributed by atoms with Crippen molar-refractivity contribution in [2.45, 2.75) is 49.8 Å². The first-order chi connectivity index (χ1) is 11.3. The number of sulfonamides is 1. The van der Waals surface area contributed by atoms with E-state index >= 15 is 0 Å². The molecule has 2 atom stereocenters. The number of nitrogens with zero attached hydrogens (tertiary/aromatic N) is 2. The predicted octanol–water partition coefficient (Wildman–Crippen LogP) is 1.14. The van der Waals surface area contributed by atoms with E-state index in [9.17, 15) is 18.0 Å². The molecule has 3 heterocycles. The number of hydrogen-bond donors (Lipinski definition) is 1. The number of aromatic carboxylic acids is 1. The summed E-state index contributed by atoms with van der Waals surface area (Å²) in [6, 6.07) is 1.60. The number of carbonyl (C=O) groups is 2. The van der Waals surface area contributed by atoms with Crippen molar-refractivity contribution in [2.24, 2.45) is 0 Å². The molecule has 1 N–H and O–H groups in total. The highest BCUT2D eigenvalue weighted by Gasteiger charge is 2.43. The molecule has 0 aromatic carbocycles. The Kier molecular flexibility index (Phi) is 4.39. The topological polar surface area (TPSA) is 108 Å². The van der Waals surface area contributed by atoms with Crippen LogP contribution in [0.5, 0.6) is 0 Å². The fourth-order valence-electron chi connectivity index (χ4n) is 3.42. The lowest BCUT2D eigenvalue weighted by molar-refractivity contribution is -0.135. The highest BCUT2D eigenvalue weighted by molar-refractivity contribution is 7.89. The highest BCUT2D eigenvalue weighted by Crippen LogP contribution is 2.30. The molecule has 2 unspecified atom stereocenters. The Balaban J connectivity index is 1.86. The molecule has 2 fully saturated rings. The van der Waals surface area contributed by atoms with Crippen LogP contribution in [0.2, 0.25) is 0 Å². The van der Waals surface area contributed by atoms with Crippen LogP contribution in [0.25, 0.3) is 0 Å². The largest absolute Gasteiger partial charge is 0.475 e. The van der Waals surface area contributed by atoms with Gasteiger partial charge in [-0.05, 0) is 44.7 Å². The maximum Gasteiger partial charge on any atom is 0.371 e. The summed E-state index contributed by atoms with van der Waals surface area (Å²) in [6.07, 6.45) is 2.90. The van der Waals surface area contributed by atoms with Gasteiger partial charge in [-0.2, -0.15) is 4.31 Å². The third-order valence-electron chi connectivity index (χ3n) is 4.68. The van der Waals surface area contributed by atoms with Crippen LogP contribution < -0.4 is 0 Å². The van der Waals surface area contributed by atoms with Crippen molar-refractivity contribution in [2.75, 3.05) is 13.1 Å². The highest BCUT2D eigenvalue weighted by atomic mass is 32.2. The maximum atomic E-state index is 12.8. The van der Waals surface area contributed by atoms with Gasteiger partial charge in [-0.1, -0.05) is 0 Å². The van der Waals surface area contributed by atoms with Crippen LogP contribution in [-0.2, 0) is 14.8 Å². The SMILES string of the molecule is CC1CCCN1C(=O)C1CCCN1S(=O)(=O)c1ccc(C(=O)O)o1. The summed E-state index contributed by atoms with van der Waals surface area (Å²) in [5.41, 5.74) is 0. The van der Waals surface area contributed by atoms with Gasteiger partial charge in [0.05, 0.1) is 0 Å². The zero-order valence-electron chi connectivity index (χ0n) is 13.3. The van der Waals surface area contributed by atoms with E-state index in [1.807, 2.05) is 6.92 Å². The Bertz CT molecular complexity index is 756. The second-order valence-electron chi connectivity index (χ2n) is 6.22. The van der Waals surface area contributed by atoms with Gasteiger partial charge in [0.15, 0.2) is 0 Å². The summed E-state index contributed by atoms with van der Waals surface area (Å²) in [6.45, 7) is 2.84. The normalized spacial score (nSPS) is 25.3. The van der Waals surface area contributed by atoms with Crippen LogP contribution in [0.4, 0.5) is 0 Å². The summed E-state index contributed by atoms with van der Waals surface area (Å²) in [4.78, 5) is 25.4. The summed E-state index contributed by atoms with van der Waals surface area (Å²) in [7, 11) is -4.04.